The van der Waals surface area contributed by atoms with Crippen LogP contribution in [0.25, 0.3) is 28.0 Å². The standard InChI is InChI=1S/C29H27N7O5S.C9H19NO4S.C5H10O2S/c1-41-29(38)24(18-42(30,39)40)33-28(37)22-14-21(16-31-17-22)26-34-27(32-15-19-8-4-2-5-9-19)25-23(12-13-36(25)35-26)20-10-6-3-7-11-20;1-7(8(11)14-5)6-15(12,13)10-9(2,3)4;1-4(3-8)5(6)7-2/h2-14,16-17,24H,15,18H2,1H3,(H,33,37)(H2,30,39,40)(H,32,34,35);7,10H,6H2,1-5H3;4,8H,3H2,1-2H3. The van der Waals surface area contributed by atoms with Crippen LogP contribution >= 0.6 is 12.6 Å². The summed E-state index contributed by atoms with van der Waals surface area (Å²) in [7, 11) is -3.84. The number of amides is 1. The van der Waals surface area contributed by atoms with E-state index < -0.39 is 61.1 Å². The number of anilines is 1. The van der Waals surface area contributed by atoms with Crippen molar-refractivity contribution in [2.45, 2.75) is 52.7 Å². The van der Waals surface area contributed by atoms with Crippen LogP contribution in [0.3, 0.4) is 0 Å². The topological polar surface area (TPSA) is 269 Å². The summed E-state index contributed by atoms with van der Waals surface area (Å²) < 4.78 is 63.9. The average molecular weight is 957 g/mol. The minimum atomic E-state index is -4.09. The van der Waals surface area contributed by atoms with Crippen LogP contribution in [0.4, 0.5) is 5.82 Å². The maximum atomic E-state index is 13.0. The number of ether oxygens (including phenoxy) is 3. The Morgan fingerprint density at radius 1 is 0.800 bits per heavy atom. The molecular formula is C43H56N8O11S3. The molecule has 0 spiro atoms. The molecule has 65 heavy (non-hydrogen) atoms. The third kappa shape index (κ3) is 17.5. The number of nitrogens with two attached hydrogens (primary N) is 1. The van der Waals surface area contributed by atoms with E-state index in [0.29, 0.717) is 23.7 Å². The van der Waals surface area contributed by atoms with Gasteiger partial charge in [0.05, 0.1) is 50.2 Å². The van der Waals surface area contributed by atoms with Crippen molar-refractivity contribution in [2.75, 3.05) is 43.9 Å². The minimum Gasteiger partial charge on any atom is -0.469 e. The van der Waals surface area contributed by atoms with E-state index in [4.69, 9.17) is 10.1 Å². The molecule has 3 heterocycles. The van der Waals surface area contributed by atoms with E-state index in [1.165, 1.54) is 39.6 Å². The Bertz CT molecular complexity index is 2610. The number of nitrogens with one attached hydrogen (secondary N) is 3. The zero-order valence-corrected chi connectivity index (χ0v) is 39.9. The summed E-state index contributed by atoms with van der Waals surface area (Å²) >= 11 is 3.91. The number of sulfonamides is 2. The van der Waals surface area contributed by atoms with Crippen LogP contribution < -0.4 is 20.5 Å². The largest absolute Gasteiger partial charge is 0.469 e. The predicted octanol–water partition coefficient (Wildman–Crippen LogP) is 3.87. The zero-order chi connectivity index (χ0) is 48.5. The van der Waals surface area contributed by atoms with Crippen molar-refractivity contribution in [2.24, 2.45) is 17.0 Å². The molecule has 3 unspecified atom stereocenters. The second-order valence-electron chi connectivity index (χ2n) is 15.5. The lowest BCUT2D eigenvalue weighted by Crippen LogP contribution is -2.47. The molecule has 22 heteroatoms. The van der Waals surface area contributed by atoms with Gasteiger partial charge in [-0.2, -0.15) is 12.6 Å². The van der Waals surface area contributed by atoms with Crippen LogP contribution in [0.2, 0.25) is 0 Å². The summed E-state index contributed by atoms with van der Waals surface area (Å²) in [5.41, 5.74) is 3.70. The maximum Gasteiger partial charge on any atom is 0.329 e. The van der Waals surface area contributed by atoms with Gasteiger partial charge in [0.1, 0.15) is 11.6 Å². The molecule has 0 aliphatic rings. The lowest BCUT2D eigenvalue weighted by Gasteiger charge is -2.21. The minimum absolute atomic E-state index is 0.0517. The highest BCUT2D eigenvalue weighted by molar-refractivity contribution is 7.89. The maximum absolute atomic E-state index is 13.0. The van der Waals surface area contributed by atoms with Crippen molar-refractivity contribution < 1.29 is 50.2 Å². The van der Waals surface area contributed by atoms with Gasteiger partial charge in [-0.15, -0.1) is 5.10 Å². The number of rotatable bonds is 16. The summed E-state index contributed by atoms with van der Waals surface area (Å²) in [6.45, 7) is 9.03. The Balaban J connectivity index is 0.000000402. The number of hydrogen-bond donors (Lipinski definition) is 5. The predicted molar refractivity (Wildman–Crippen MR) is 250 cm³/mol. The number of thiol groups is 1. The van der Waals surface area contributed by atoms with E-state index in [0.717, 1.165) is 29.3 Å². The van der Waals surface area contributed by atoms with E-state index in [2.05, 4.69) is 52.3 Å². The van der Waals surface area contributed by atoms with Gasteiger partial charge >= 0.3 is 17.9 Å². The van der Waals surface area contributed by atoms with Crippen molar-refractivity contribution in [1.29, 1.82) is 0 Å². The van der Waals surface area contributed by atoms with Crippen LogP contribution in [0, 0.1) is 11.8 Å². The fraction of sp³-hybridized carbons (Fsp3) is 0.372. The summed E-state index contributed by atoms with van der Waals surface area (Å²) in [4.78, 5) is 55.5. The van der Waals surface area contributed by atoms with Crippen molar-refractivity contribution in [3.63, 3.8) is 0 Å². The molecule has 0 fully saturated rings. The van der Waals surface area contributed by atoms with Crippen LogP contribution in [0.1, 0.15) is 50.5 Å². The first-order valence-electron chi connectivity index (χ1n) is 19.9. The molecule has 0 aliphatic heterocycles. The highest BCUT2D eigenvalue weighted by Crippen LogP contribution is 2.31. The van der Waals surface area contributed by atoms with E-state index in [1.807, 2.05) is 72.9 Å². The summed E-state index contributed by atoms with van der Waals surface area (Å²) in [5.74, 6) is -2.83. The lowest BCUT2D eigenvalue weighted by molar-refractivity contribution is -0.144. The molecule has 5 N–H and O–H groups in total. The van der Waals surface area contributed by atoms with E-state index >= 15 is 0 Å². The van der Waals surface area contributed by atoms with Gasteiger partial charge in [0, 0.05) is 47.6 Å². The third-order valence-electron chi connectivity index (χ3n) is 8.76. The van der Waals surface area contributed by atoms with Crippen LogP contribution in [0.15, 0.2) is 91.4 Å². The number of hydrogen-bond acceptors (Lipinski definition) is 16. The lowest BCUT2D eigenvalue weighted by atomic mass is 10.1. The van der Waals surface area contributed by atoms with Crippen molar-refractivity contribution in [3.8, 4) is 22.5 Å². The molecule has 1 amide bonds. The van der Waals surface area contributed by atoms with Gasteiger partial charge in [-0.25, -0.2) is 41.0 Å². The molecule has 3 aromatic heterocycles. The number of primary sulfonamides is 1. The second-order valence-corrected chi connectivity index (χ2v) is 19.3. The monoisotopic (exact) mass is 956 g/mol. The molecule has 0 radical (unpaired) electrons. The SMILES string of the molecule is COC(=O)C(C)CS.COC(=O)C(C)CS(=O)(=O)NC(C)(C)C.COC(=O)C(CS(N)(=O)=O)NC(=O)c1cncc(-c2nc(NCc3ccccc3)c3c(-c4ccccc4)ccn3n2)c1. The molecule has 0 bridgehead atoms. The summed E-state index contributed by atoms with van der Waals surface area (Å²) in [6, 6.07) is 21.7. The van der Waals surface area contributed by atoms with E-state index in [-0.39, 0.29) is 29.0 Å². The van der Waals surface area contributed by atoms with Gasteiger partial charge in [-0.3, -0.25) is 19.4 Å². The Morgan fingerprint density at radius 3 is 1.92 bits per heavy atom. The number of esters is 3. The fourth-order valence-corrected chi connectivity index (χ4v) is 8.40. The third-order valence-corrected chi connectivity index (χ3v) is 12.0. The molecule has 2 aromatic carbocycles. The highest BCUT2D eigenvalue weighted by Gasteiger charge is 2.28. The number of fused-ring (bicyclic) bond motifs is 1. The van der Waals surface area contributed by atoms with Gasteiger partial charge in [-0.1, -0.05) is 74.5 Å². The summed E-state index contributed by atoms with van der Waals surface area (Å²) in [6.07, 6.45) is 4.61. The quantitative estimate of drug-likeness (QED) is 0.0534. The number of carbonyl (C=O) groups is 4. The number of pyridine rings is 1. The van der Waals surface area contributed by atoms with Crippen LogP contribution in [0.5, 0.6) is 0 Å². The number of methoxy groups -OCH3 is 3. The Hall–Kier alpha value is -5.94. The number of nitrogens with zero attached hydrogens (tertiary/aromatic N) is 4. The molecule has 352 valence electrons. The van der Waals surface area contributed by atoms with Gasteiger partial charge in [-0.05, 0) is 44.0 Å². The first-order chi connectivity index (χ1) is 30.5. The summed E-state index contributed by atoms with van der Waals surface area (Å²) in [5, 5.41) is 15.5. The fourth-order valence-electron chi connectivity index (χ4n) is 5.76. The number of benzene rings is 2. The van der Waals surface area contributed by atoms with Gasteiger partial charge < -0.3 is 24.8 Å². The van der Waals surface area contributed by atoms with Crippen molar-refractivity contribution in [1.82, 2.24) is 29.6 Å². The first-order valence-corrected chi connectivity index (χ1v) is 23.9. The Kier molecular flexibility index (Phi) is 20.0. The van der Waals surface area contributed by atoms with E-state index in [9.17, 15) is 36.0 Å². The molecule has 0 saturated carbocycles. The van der Waals surface area contributed by atoms with Gasteiger partial charge in [0.25, 0.3) is 5.91 Å². The first kappa shape index (κ1) is 53.4. The molecule has 0 saturated heterocycles. The zero-order valence-electron chi connectivity index (χ0n) is 37.3. The molecule has 5 aromatic rings. The molecular weight excluding hydrogens is 901 g/mol. The number of aromatic nitrogens is 4. The molecule has 19 nitrogen and oxygen atoms in total. The highest BCUT2D eigenvalue weighted by atomic mass is 32.2. The van der Waals surface area contributed by atoms with Crippen molar-refractivity contribution in [3.05, 3.63) is 103 Å². The van der Waals surface area contributed by atoms with E-state index in [1.54, 1.807) is 32.2 Å². The Labute approximate surface area is 384 Å². The van der Waals surface area contributed by atoms with Crippen LogP contribution in [-0.4, -0.2) is 110 Å². The Morgan fingerprint density at radius 2 is 1.38 bits per heavy atom. The van der Waals surface area contributed by atoms with Crippen molar-refractivity contribution >= 4 is 67.8 Å². The normalized spacial score (nSPS) is 12.8. The number of carbonyl (C=O) groups excluding carboxylic acids is 4. The van der Waals surface area contributed by atoms with Gasteiger partial charge in [0.15, 0.2) is 11.6 Å². The van der Waals surface area contributed by atoms with Crippen LogP contribution in [-0.2, 0) is 55.2 Å². The smallest absolute Gasteiger partial charge is 0.329 e. The molecule has 0 aliphatic carbocycles. The molecule has 3 atom stereocenters. The second kappa shape index (κ2) is 24.4. The average Bonchev–Trinajstić information content (AvgIpc) is 3.71. The molecule has 5 rings (SSSR count). The van der Waals surface area contributed by atoms with Gasteiger partial charge in [0.2, 0.25) is 20.0 Å².